The van der Waals surface area contributed by atoms with E-state index in [4.69, 9.17) is 0 Å². The largest absolute Gasteiger partial charge is 0.361 e. The fourth-order valence-corrected chi connectivity index (χ4v) is 2.75. The number of aromatic nitrogens is 1. The second-order valence-electron chi connectivity index (χ2n) is 5.56. The van der Waals surface area contributed by atoms with Gasteiger partial charge in [0.2, 0.25) is 0 Å². The predicted octanol–water partition coefficient (Wildman–Crippen LogP) is 5.18. The van der Waals surface area contributed by atoms with E-state index in [1.54, 1.807) is 13.0 Å². The Morgan fingerprint density at radius 2 is 1.90 bits per heavy atom. The zero-order chi connectivity index (χ0) is 15.0. The van der Waals surface area contributed by atoms with Crippen LogP contribution in [0, 0.1) is 19.7 Å². The molecular weight excluding hydrogens is 261 g/mol. The number of hydrogen-bond acceptors (Lipinski definition) is 0. The van der Waals surface area contributed by atoms with Crippen LogP contribution in [0.15, 0.2) is 49.2 Å². The van der Waals surface area contributed by atoms with Gasteiger partial charge in [0.15, 0.2) is 0 Å². The summed E-state index contributed by atoms with van der Waals surface area (Å²) < 4.78 is 13.8. The van der Waals surface area contributed by atoms with Gasteiger partial charge in [-0.1, -0.05) is 30.8 Å². The Labute approximate surface area is 124 Å². The highest BCUT2D eigenvalue weighted by molar-refractivity contribution is 5.92. The van der Waals surface area contributed by atoms with Gasteiger partial charge in [-0.3, -0.25) is 0 Å². The minimum absolute atomic E-state index is 0.151. The van der Waals surface area contributed by atoms with E-state index in [-0.39, 0.29) is 5.82 Å². The van der Waals surface area contributed by atoms with Gasteiger partial charge in [-0.15, -0.1) is 0 Å². The van der Waals surface area contributed by atoms with Gasteiger partial charge in [-0.25, -0.2) is 4.39 Å². The summed E-state index contributed by atoms with van der Waals surface area (Å²) in [5, 5.41) is 1.16. The molecule has 0 unspecified atom stereocenters. The zero-order valence-corrected chi connectivity index (χ0v) is 12.3. The van der Waals surface area contributed by atoms with E-state index in [2.05, 4.69) is 17.6 Å². The molecule has 0 bridgehead atoms. The molecule has 3 rings (SSSR count). The maximum atomic E-state index is 13.8. The summed E-state index contributed by atoms with van der Waals surface area (Å²) in [4.78, 5) is 3.26. The molecule has 0 fully saturated rings. The molecule has 0 aliphatic heterocycles. The van der Waals surface area contributed by atoms with Gasteiger partial charge < -0.3 is 4.98 Å². The molecule has 1 nitrogen and oxygen atoms in total. The highest BCUT2D eigenvalue weighted by Gasteiger charge is 2.10. The summed E-state index contributed by atoms with van der Waals surface area (Å²) in [7, 11) is 0. The van der Waals surface area contributed by atoms with Crippen molar-refractivity contribution in [3.63, 3.8) is 0 Å². The topological polar surface area (TPSA) is 15.8 Å². The Morgan fingerprint density at radius 1 is 1.14 bits per heavy atom. The van der Waals surface area contributed by atoms with Gasteiger partial charge in [-0.05, 0) is 54.7 Å². The minimum Gasteiger partial charge on any atom is -0.361 e. The van der Waals surface area contributed by atoms with Crippen LogP contribution in [-0.4, -0.2) is 4.98 Å². The molecule has 0 radical (unpaired) electrons. The molecule has 0 saturated heterocycles. The monoisotopic (exact) mass is 279 g/mol. The van der Waals surface area contributed by atoms with Crippen LogP contribution in [0.2, 0.25) is 0 Å². The van der Waals surface area contributed by atoms with Crippen molar-refractivity contribution in [2.24, 2.45) is 0 Å². The van der Waals surface area contributed by atoms with E-state index in [0.29, 0.717) is 12.0 Å². The van der Waals surface area contributed by atoms with Crippen LogP contribution in [0.25, 0.3) is 16.5 Å². The number of hydrogen-bond donors (Lipinski definition) is 1. The Balaban J connectivity index is 1.95. The fourth-order valence-electron chi connectivity index (χ4n) is 2.75. The molecule has 21 heavy (non-hydrogen) atoms. The van der Waals surface area contributed by atoms with Crippen LogP contribution in [0.5, 0.6) is 0 Å². The second-order valence-corrected chi connectivity index (χ2v) is 5.56. The first kappa shape index (κ1) is 13.6. The Hall–Kier alpha value is -2.35. The number of fused-ring (bicyclic) bond motifs is 1. The molecule has 2 heteroatoms. The van der Waals surface area contributed by atoms with Crippen LogP contribution in [0.4, 0.5) is 4.39 Å². The van der Waals surface area contributed by atoms with Gasteiger partial charge in [0, 0.05) is 22.7 Å². The van der Waals surface area contributed by atoms with E-state index in [1.807, 2.05) is 37.4 Å². The molecule has 1 N–H and O–H groups in total. The molecular formula is C19H18FN. The van der Waals surface area contributed by atoms with Gasteiger partial charge in [-0.2, -0.15) is 0 Å². The summed E-state index contributed by atoms with van der Waals surface area (Å²) in [5.74, 6) is -0.151. The zero-order valence-electron chi connectivity index (χ0n) is 12.3. The molecule has 1 aromatic heterocycles. The Morgan fingerprint density at radius 3 is 2.71 bits per heavy atom. The highest BCUT2D eigenvalue weighted by atomic mass is 19.1. The highest BCUT2D eigenvalue weighted by Crippen LogP contribution is 2.27. The van der Waals surface area contributed by atoms with Gasteiger partial charge in [0.25, 0.3) is 0 Å². The number of para-hydroxylation sites is 1. The summed E-state index contributed by atoms with van der Waals surface area (Å²) in [6.07, 6.45) is 2.64. The maximum absolute atomic E-state index is 13.8. The van der Waals surface area contributed by atoms with Crippen molar-refractivity contribution in [3.05, 3.63) is 77.2 Å². The first-order valence-corrected chi connectivity index (χ1v) is 7.06. The average Bonchev–Trinajstić information content (AvgIpc) is 2.88. The number of allylic oxidation sites excluding steroid dienone is 1. The van der Waals surface area contributed by atoms with E-state index in [9.17, 15) is 4.39 Å². The Kier molecular flexibility index (Phi) is 3.38. The quantitative estimate of drug-likeness (QED) is 0.680. The van der Waals surface area contributed by atoms with Gasteiger partial charge in [0.1, 0.15) is 5.82 Å². The first-order valence-electron chi connectivity index (χ1n) is 7.06. The van der Waals surface area contributed by atoms with Gasteiger partial charge in [0.05, 0.1) is 0 Å². The molecule has 2 aromatic carbocycles. The number of rotatable bonds is 3. The Bertz CT molecular complexity index is 827. The second kappa shape index (κ2) is 5.21. The van der Waals surface area contributed by atoms with E-state index < -0.39 is 0 Å². The van der Waals surface area contributed by atoms with E-state index in [0.717, 1.165) is 33.2 Å². The molecule has 0 saturated carbocycles. The predicted molar refractivity (Wildman–Crippen MR) is 86.9 cm³/mol. The molecule has 106 valence electrons. The van der Waals surface area contributed by atoms with Crippen LogP contribution in [-0.2, 0) is 6.42 Å². The molecule has 0 spiro atoms. The van der Waals surface area contributed by atoms with Crippen molar-refractivity contribution >= 4 is 16.5 Å². The van der Waals surface area contributed by atoms with Crippen molar-refractivity contribution in [2.75, 3.05) is 0 Å². The maximum Gasteiger partial charge on any atom is 0.126 e. The molecule has 0 aliphatic carbocycles. The van der Waals surface area contributed by atoms with E-state index >= 15 is 0 Å². The third-order valence-corrected chi connectivity index (χ3v) is 3.99. The number of H-pyrrole nitrogens is 1. The number of benzene rings is 2. The van der Waals surface area contributed by atoms with Crippen molar-refractivity contribution in [1.82, 2.24) is 4.98 Å². The van der Waals surface area contributed by atoms with Gasteiger partial charge >= 0.3 is 0 Å². The molecule has 0 atom stereocenters. The lowest BCUT2D eigenvalue weighted by Gasteiger charge is -2.10. The fraction of sp³-hybridized carbons (Fsp3) is 0.158. The SMILES string of the molecule is C=C(Cc1cc(F)c(C)cc1C)c1c[nH]c2ccccc12. The van der Waals surface area contributed by atoms with E-state index in [1.165, 1.54) is 0 Å². The summed E-state index contributed by atoms with van der Waals surface area (Å²) in [5.41, 5.74) is 5.99. The molecule has 0 amide bonds. The number of halogens is 1. The summed E-state index contributed by atoms with van der Waals surface area (Å²) in [6.45, 7) is 8.00. The number of aromatic amines is 1. The number of nitrogens with one attached hydrogen (secondary N) is 1. The normalized spacial score (nSPS) is 11.0. The van der Waals surface area contributed by atoms with Crippen molar-refractivity contribution < 1.29 is 4.39 Å². The summed E-state index contributed by atoms with van der Waals surface area (Å²) in [6, 6.07) is 11.7. The lowest BCUT2D eigenvalue weighted by Crippen LogP contribution is -1.95. The van der Waals surface area contributed by atoms with Crippen LogP contribution in [0.3, 0.4) is 0 Å². The van der Waals surface area contributed by atoms with Crippen molar-refractivity contribution in [2.45, 2.75) is 20.3 Å². The lowest BCUT2D eigenvalue weighted by atomic mass is 9.95. The van der Waals surface area contributed by atoms with Crippen molar-refractivity contribution in [1.29, 1.82) is 0 Å². The molecule has 0 aliphatic rings. The summed E-state index contributed by atoms with van der Waals surface area (Å²) >= 11 is 0. The van der Waals surface area contributed by atoms with Crippen LogP contribution >= 0.6 is 0 Å². The third-order valence-electron chi connectivity index (χ3n) is 3.99. The van der Waals surface area contributed by atoms with Crippen LogP contribution < -0.4 is 0 Å². The number of aryl methyl sites for hydroxylation is 2. The standard InChI is InChI=1S/C19H18FN/c1-12-8-14(3)18(20)10-15(12)9-13(2)17-11-21-19-7-5-4-6-16(17)19/h4-8,10-11,21H,2,9H2,1,3H3. The molecule has 3 aromatic rings. The smallest absolute Gasteiger partial charge is 0.126 e. The third kappa shape index (κ3) is 2.49. The average molecular weight is 279 g/mol. The van der Waals surface area contributed by atoms with Crippen molar-refractivity contribution in [3.8, 4) is 0 Å². The lowest BCUT2D eigenvalue weighted by molar-refractivity contribution is 0.616. The van der Waals surface area contributed by atoms with Crippen LogP contribution in [0.1, 0.15) is 22.3 Å². The minimum atomic E-state index is -0.151. The molecule has 1 heterocycles. The first-order chi connectivity index (χ1) is 10.1.